The Morgan fingerprint density at radius 2 is 1.44 bits per heavy atom. The molecule has 3 radical (unpaired) electrons. The molecule has 48 heavy (non-hydrogen) atoms. The number of esters is 2. The van der Waals surface area contributed by atoms with E-state index in [2.05, 4.69) is 14.7 Å². The van der Waals surface area contributed by atoms with E-state index in [0.29, 0.717) is 44.8 Å². The van der Waals surface area contributed by atoms with Crippen LogP contribution in [0.4, 0.5) is 11.4 Å². The second kappa shape index (κ2) is 28.2. The van der Waals surface area contributed by atoms with E-state index in [1.807, 2.05) is 58.9 Å². The molecule has 0 aliphatic heterocycles. The number of hydrogen-bond donors (Lipinski definition) is 3. The zero-order valence-electron chi connectivity index (χ0n) is 27.7. The van der Waals surface area contributed by atoms with Crippen LogP contribution in [-0.2, 0) is 28.5 Å². The fourth-order valence-corrected chi connectivity index (χ4v) is 5.02. The van der Waals surface area contributed by atoms with E-state index < -0.39 is 0 Å². The Morgan fingerprint density at radius 3 is 1.94 bits per heavy atom. The molecule has 4 aromatic rings. The standard InChI is InChI=1S/C11H15NO3S.C9H9NO2S.C7H13NO3.C4H5NS.B.ClH/c1-3-14-10(7-11(13)15-4-2)12-9-5-6-16-8-9;1-2-12-8-5-7(11)9-6(10-8)3-4-13-9;1-3-10-6(8)5-7(9)11-4-2;5-4-1-2-6-3-4;;/h5-6,8H,3-4,7H2,1-2H3;3-5H,2H2,1H3,(H,10,11);8H,3-5H2,1-2H3;1-3H,5H2;;1H. The molecule has 263 valence electrons. The first-order valence-corrected chi connectivity index (χ1v) is 17.2. The molecule has 4 aromatic heterocycles. The van der Waals surface area contributed by atoms with Crippen LogP contribution in [0, 0.1) is 0 Å². The summed E-state index contributed by atoms with van der Waals surface area (Å²) in [5, 5.41) is 14.9. The van der Waals surface area contributed by atoms with Crippen LogP contribution in [-0.4, -0.2) is 70.2 Å². The molecular formula is C31H43BClN4O8S3. The zero-order valence-corrected chi connectivity index (χ0v) is 30.9. The smallest absolute Gasteiger partial charge is 0.344 e. The minimum Gasteiger partial charge on any atom is -1.00 e. The van der Waals surface area contributed by atoms with Gasteiger partial charge in [0.1, 0.15) is 6.42 Å². The molecule has 4 rings (SSSR count). The number of aromatic amines is 1. The number of halogens is 1. The lowest BCUT2D eigenvalue weighted by Crippen LogP contribution is -3.00. The highest BCUT2D eigenvalue weighted by Crippen LogP contribution is 2.18. The Labute approximate surface area is 301 Å². The maximum atomic E-state index is 11.4. The number of nitrogens with one attached hydrogen (secondary N) is 1. The molecule has 17 heteroatoms. The molecule has 0 unspecified atom stereocenters. The summed E-state index contributed by atoms with van der Waals surface area (Å²) in [7, 11) is 0. The number of carbonyl (C=O) groups excluding carboxylic acids is 2. The number of ether oxygens (including phenoxy) is 5. The van der Waals surface area contributed by atoms with Gasteiger partial charge >= 0.3 is 17.8 Å². The first kappa shape index (κ1) is 46.3. The summed E-state index contributed by atoms with van der Waals surface area (Å²) in [5.74, 6) is 0.493. The van der Waals surface area contributed by atoms with Gasteiger partial charge in [-0.15, -0.1) is 11.3 Å². The van der Waals surface area contributed by atoms with Crippen molar-refractivity contribution in [3.8, 4) is 5.88 Å². The largest absolute Gasteiger partial charge is 1.00 e. The Kier molecular flexibility index (Phi) is 27.2. The number of thiophene rings is 3. The van der Waals surface area contributed by atoms with Crippen LogP contribution in [0.15, 0.2) is 61.0 Å². The predicted molar refractivity (Wildman–Crippen MR) is 192 cm³/mol. The molecule has 0 aromatic carbocycles. The Hall–Kier alpha value is -3.86. The van der Waals surface area contributed by atoms with Gasteiger partial charge in [-0.1, -0.05) is 0 Å². The molecule has 0 saturated carbocycles. The number of nitrogens with two attached hydrogens (primary N) is 2. The van der Waals surface area contributed by atoms with Crippen LogP contribution in [0.25, 0.3) is 10.2 Å². The number of fused-ring (bicyclic) bond motifs is 1. The summed E-state index contributed by atoms with van der Waals surface area (Å²) in [6, 6.07) is 7.12. The van der Waals surface area contributed by atoms with Gasteiger partial charge in [0.2, 0.25) is 5.43 Å². The normalized spacial score (nSPS) is 9.73. The third-order valence-electron chi connectivity index (χ3n) is 4.88. The maximum absolute atomic E-state index is 11.4. The summed E-state index contributed by atoms with van der Waals surface area (Å²) in [4.78, 5) is 40.7. The Morgan fingerprint density at radius 1 is 0.833 bits per heavy atom. The van der Waals surface area contributed by atoms with Gasteiger partial charge in [-0.3, -0.25) is 14.4 Å². The SMILES string of the molecule is CCOC(=O)CC(=Nc1ccsc1)OCC.CCOC(=[NH2+])CC(=O)OCC.CCOc1cc(=O)c2sccc2[nH]1.Nc1ccsc1.[B].[Cl-]. The monoisotopic (exact) mass is 741 g/mol. The third-order valence-corrected chi connectivity index (χ3v) is 7.18. The molecule has 0 aliphatic carbocycles. The number of H-pyrrole nitrogens is 1. The number of anilines is 1. The number of rotatable bonds is 11. The molecule has 0 saturated heterocycles. The first-order valence-electron chi connectivity index (χ1n) is 14.5. The van der Waals surface area contributed by atoms with Crippen LogP contribution >= 0.6 is 34.0 Å². The van der Waals surface area contributed by atoms with E-state index in [1.54, 1.807) is 43.4 Å². The maximum Gasteiger partial charge on any atom is 0.344 e. The molecule has 0 aliphatic rings. The average molecular weight is 742 g/mol. The predicted octanol–water partition coefficient (Wildman–Crippen LogP) is 1.84. The van der Waals surface area contributed by atoms with Gasteiger partial charge in [-0.2, -0.15) is 22.7 Å². The summed E-state index contributed by atoms with van der Waals surface area (Å²) < 4.78 is 25.6. The quantitative estimate of drug-likeness (QED) is 0.0896. The Bertz CT molecular complexity index is 1500. The van der Waals surface area contributed by atoms with Gasteiger partial charge in [-0.05, 0) is 69.0 Å². The van der Waals surface area contributed by atoms with Gasteiger partial charge in [-0.25, -0.2) is 10.4 Å². The van der Waals surface area contributed by atoms with Crippen molar-refractivity contribution in [3.05, 3.63) is 61.4 Å². The van der Waals surface area contributed by atoms with Crippen molar-refractivity contribution in [1.82, 2.24) is 4.98 Å². The van der Waals surface area contributed by atoms with Crippen molar-refractivity contribution in [2.24, 2.45) is 4.99 Å². The molecule has 4 heterocycles. The number of pyridine rings is 1. The highest BCUT2D eigenvalue weighted by atomic mass is 35.5. The number of nitrogens with zero attached hydrogens (tertiary/aromatic N) is 1. The van der Waals surface area contributed by atoms with Crippen molar-refractivity contribution in [3.63, 3.8) is 0 Å². The van der Waals surface area contributed by atoms with Gasteiger partial charge in [0.25, 0.3) is 0 Å². The molecule has 0 spiro atoms. The molecule has 0 bridgehead atoms. The molecule has 12 nitrogen and oxygen atoms in total. The molecule has 0 fully saturated rings. The van der Waals surface area contributed by atoms with Gasteiger partial charge in [0, 0.05) is 30.9 Å². The lowest BCUT2D eigenvalue weighted by Gasteiger charge is -2.06. The number of carbonyl (C=O) groups is 2. The lowest BCUT2D eigenvalue weighted by atomic mass is 10.4. The molecule has 0 atom stereocenters. The third kappa shape index (κ3) is 20.4. The van der Waals surface area contributed by atoms with Gasteiger partial charge in [0.15, 0.2) is 18.2 Å². The minimum atomic E-state index is -0.349. The highest BCUT2D eigenvalue weighted by molar-refractivity contribution is 7.17. The lowest BCUT2D eigenvalue weighted by molar-refractivity contribution is -0.154. The summed E-state index contributed by atoms with van der Waals surface area (Å²) >= 11 is 4.61. The molecular weight excluding hydrogens is 699 g/mol. The van der Waals surface area contributed by atoms with E-state index in [1.165, 1.54) is 17.4 Å². The fourth-order valence-electron chi connectivity index (χ4n) is 3.14. The van der Waals surface area contributed by atoms with Crippen LogP contribution in [0.1, 0.15) is 47.5 Å². The summed E-state index contributed by atoms with van der Waals surface area (Å²) in [6.45, 7) is 11.3. The van der Waals surface area contributed by atoms with Crippen molar-refractivity contribution >= 4 is 87.7 Å². The summed E-state index contributed by atoms with van der Waals surface area (Å²) in [5.41, 5.74) is 7.82. The van der Waals surface area contributed by atoms with E-state index in [0.717, 1.165) is 21.6 Å². The topological polar surface area (TPSA) is 177 Å². The van der Waals surface area contributed by atoms with Crippen LogP contribution in [0.2, 0.25) is 0 Å². The van der Waals surface area contributed by atoms with E-state index in [-0.39, 0.29) is 56.9 Å². The summed E-state index contributed by atoms with van der Waals surface area (Å²) in [6.07, 6.45) is 0.124. The highest BCUT2D eigenvalue weighted by Gasteiger charge is 2.11. The number of nitrogen functional groups attached to an aromatic ring is 1. The van der Waals surface area contributed by atoms with E-state index in [4.69, 9.17) is 30.1 Å². The second-order valence-corrected chi connectivity index (χ2v) is 10.9. The molecule has 0 amide bonds. The first-order chi connectivity index (χ1) is 22.2. The minimum absolute atomic E-state index is 0. The van der Waals surface area contributed by atoms with Crippen LogP contribution < -0.4 is 33.7 Å². The average Bonchev–Trinajstić information content (AvgIpc) is 3.79. The van der Waals surface area contributed by atoms with Crippen LogP contribution in [0.5, 0.6) is 5.88 Å². The van der Waals surface area contributed by atoms with Crippen molar-refractivity contribution < 1.29 is 51.1 Å². The van der Waals surface area contributed by atoms with Crippen molar-refractivity contribution in [2.75, 3.05) is 38.8 Å². The Balaban J connectivity index is 0. The van der Waals surface area contributed by atoms with Crippen molar-refractivity contribution in [2.45, 2.75) is 47.5 Å². The zero-order chi connectivity index (χ0) is 34.2. The van der Waals surface area contributed by atoms with Gasteiger partial charge in [0.05, 0.1) is 48.9 Å². The number of hydrogen-bond acceptors (Lipinski definition) is 13. The fraction of sp³-hybridized carbons (Fsp3) is 0.387. The number of aromatic nitrogens is 1. The molecule has 5 N–H and O–H groups in total. The van der Waals surface area contributed by atoms with E-state index in [9.17, 15) is 14.4 Å². The van der Waals surface area contributed by atoms with Crippen LogP contribution in [0.3, 0.4) is 0 Å². The van der Waals surface area contributed by atoms with E-state index >= 15 is 0 Å². The van der Waals surface area contributed by atoms with Gasteiger partial charge < -0.3 is 46.8 Å². The van der Waals surface area contributed by atoms with Crippen molar-refractivity contribution in [1.29, 1.82) is 0 Å². The second-order valence-electron chi connectivity index (χ2n) is 8.43. The number of aliphatic imine (C=N–C) groups is 1.